The van der Waals surface area contributed by atoms with Gasteiger partial charge in [0, 0.05) is 9.58 Å². The van der Waals surface area contributed by atoms with Gasteiger partial charge >= 0.3 is 5.97 Å². The summed E-state index contributed by atoms with van der Waals surface area (Å²) in [6.45, 7) is 0. The normalized spacial score (nSPS) is 30.8. The van der Waals surface area contributed by atoms with Gasteiger partial charge in [-0.05, 0) is 96.4 Å². The molecule has 3 heteroatoms. The zero-order chi connectivity index (χ0) is 18.9. The Kier molecular flexibility index (Phi) is 3.56. The van der Waals surface area contributed by atoms with E-state index in [-0.39, 0.29) is 0 Å². The van der Waals surface area contributed by atoms with Crippen molar-refractivity contribution in [2.24, 2.45) is 17.8 Å². The molecular formula is C25H24O2S. The highest BCUT2D eigenvalue weighted by molar-refractivity contribution is 7.22. The van der Waals surface area contributed by atoms with E-state index in [4.69, 9.17) is 0 Å². The van der Waals surface area contributed by atoms with Crippen LogP contribution >= 0.6 is 11.3 Å². The van der Waals surface area contributed by atoms with Crippen molar-refractivity contribution < 1.29 is 9.90 Å². The minimum atomic E-state index is -0.857. The van der Waals surface area contributed by atoms with E-state index >= 15 is 0 Å². The lowest BCUT2D eigenvalue weighted by molar-refractivity contribution is -0.00410. The average Bonchev–Trinajstić information content (AvgIpc) is 3.07. The summed E-state index contributed by atoms with van der Waals surface area (Å²) in [6.07, 6.45) is 8.39. The van der Waals surface area contributed by atoms with Gasteiger partial charge in [0.05, 0.1) is 5.56 Å². The Labute approximate surface area is 169 Å². The highest BCUT2D eigenvalue weighted by Gasteiger charge is 2.53. The van der Waals surface area contributed by atoms with E-state index < -0.39 is 5.97 Å². The summed E-state index contributed by atoms with van der Waals surface area (Å²) in [5.41, 5.74) is 3.45. The Morgan fingerprint density at radius 3 is 2.11 bits per heavy atom. The summed E-state index contributed by atoms with van der Waals surface area (Å²) in [5, 5.41) is 10.7. The molecule has 4 saturated carbocycles. The average molecular weight is 389 g/mol. The van der Waals surface area contributed by atoms with E-state index in [1.54, 1.807) is 17.7 Å². The molecule has 0 spiro atoms. The van der Waals surface area contributed by atoms with Crippen molar-refractivity contribution >= 4 is 27.4 Å². The molecule has 0 amide bonds. The Bertz CT molecular complexity index is 1040. The van der Waals surface area contributed by atoms with Crippen LogP contribution in [0.3, 0.4) is 0 Å². The molecule has 0 radical (unpaired) electrons. The second-order valence-electron chi connectivity index (χ2n) is 9.38. The summed E-state index contributed by atoms with van der Waals surface area (Å²) >= 11 is 1.89. The molecular weight excluding hydrogens is 364 g/mol. The van der Waals surface area contributed by atoms with Crippen LogP contribution in [0.5, 0.6) is 0 Å². The summed E-state index contributed by atoms with van der Waals surface area (Å²) in [6, 6.07) is 16.4. The molecule has 1 heterocycles. The molecule has 0 atom stereocenters. The number of benzene rings is 2. The number of thiophene rings is 1. The van der Waals surface area contributed by atoms with Gasteiger partial charge in [-0.1, -0.05) is 30.3 Å². The molecule has 7 rings (SSSR count). The number of rotatable bonds is 3. The first-order valence-corrected chi connectivity index (χ1v) is 11.3. The van der Waals surface area contributed by atoms with Gasteiger partial charge in [-0.2, -0.15) is 0 Å². The fraction of sp³-hybridized carbons (Fsp3) is 0.400. The summed E-state index contributed by atoms with van der Waals surface area (Å²) in [5.74, 6) is 1.87. The van der Waals surface area contributed by atoms with E-state index in [1.807, 2.05) is 23.5 Å². The zero-order valence-electron chi connectivity index (χ0n) is 15.9. The second-order valence-corrected chi connectivity index (χ2v) is 10.4. The van der Waals surface area contributed by atoms with Gasteiger partial charge in [-0.3, -0.25) is 0 Å². The number of carboxylic acid groups (broad SMARTS) is 1. The first-order valence-electron chi connectivity index (χ1n) is 10.5. The smallest absolute Gasteiger partial charge is 0.335 e. The van der Waals surface area contributed by atoms with Gasteiger partial charge in [-0.25, -0.2) is 4.79 Å². The molecule has 1 N–H and O–H groups in total. The number of hydrogen-bond acceptors (Lipinski definition) is 2. The van der Waals surface area contributed by atoms with Crippen molar-refractivity contribution in [3.05, 3.63) is 59.7 Å². The molecule has 28 heavy (non-hydrogen) atoms. The summed E-state index contributed by atoms with van der Waals surface area (Å²) < 4.78 is 1.37. The quantitative estimate of drug-likeness (QED) is 0.540. The van der Waals surface area contributed by atoms with Crippen molar-refractivity contribution in [3.8, 4) is 10.4 Å². The van der Waals surface area contributed by atoms with Crippen molar-refractivity contribution in [2.75, 3.05) is 0 Å². The van der Waals surface area contributed by atoms with E-state index in [0.29, 0.717) is 11.0 Å². The van der Waals surface area contributed by atoms with E-state index in [0.717, 1.165) is 17.8 Å². The van der Waals surface area contributed by atoms with E-state index in [1.165, 1.54) is 59.1 Å². The molecule has 2 aromatic carbocycles. The van der Waals surface area contributed by atoms with E-state index in [2.05, 4.69) is 24.3 Å². The SMILES string of the molecule is O=C(O)c1ccc(-c2sc3ccccc3c2C23CC4CC(CC(C4)C2)C3)cc1. The Balaban J connectivity index is 1.56. The van der Waals surface area contributed by atoms with Crippen LogP contribution in [0.15, 0.2) is 48.5 Å². The molecule has 4 aliphatic rings. The maximum absolute atomic E-state index is 11.3. The van der Waals surface area contributed by atoms with E-state index in [9.17, 15) is 9.90 Å². The zero-order valence-corrected chi connectivity index (χ0v) is 16.7. The van der Waals surface area contributed by atoms with Gasteiger partial charge in [-0.15, -0.1) is 11.3 Å². The standard InChI is InChI=1S/C25H24O2S/c26-24(27)19-7-5-18(6-8-19)23-22(20-3-1-2-4-21(20)28-23)25-12-15-9-16(13-25)11-17(10-15)14-25/h1-8,15-17H,9-14H2,(H,26,27). The van der Waals surface area contributed by atoms with Gasteiger partial charge in [0.1, 0.15) is 0 Å². The Morgan fingerprint density at radius 1 is 0.893 bits per heavy atom. The third-order valence-corrected chi connectivity index (χ3v) is 8.78. The molecule has 0 aliphatic heterocycles. The molecule has 3 aromatic rings. The first-order chi connectivity index (χ1) is 13.6. The highest BCUT2D eigenvalue weighted by Crippen LogP contribution is 2.63. The largest absolute Gasteiger partial charge is 0.478 e. The highest BCUT2D eigenvalue weighted by atomic mass is 32.1. The topological polar surface area (TPSA) is 37.3 Å². The second kappa shape index (κ2) is 5.93. The predicted octanol–water partition coefficient (Wildman–Crippen LogP) is 6.73. The minimum absolute atomic E-state index is 0.329. The van der Waals surface area contributed by atoms with Gasteiger partial charge in [0.25, 0.3) is 0 Å². The van der Waals surface area contributed by atoms with Crippen LogP contribution in [0.2, 0.25) is 0 Å². The monoisotopic (exact) mass is 388 g/mol. The summed E-state index contributed by atoms with van der Waals surface area (Å²) in [7, 11) is 0. The molecule has 4 aliphatic carbocycles. The number of fused-ring (bicyclic) bond motifs is 1. The molecule has 0 saturated heterocycles. The van der Waals surface area contributed by atoms with Crippen LogP contribution in [-0.4, -0.2) is 11.1 Å². The van der Waals surface area contributed by atoms with Crippen molar-refractivity contribution in [3.63, 3.8) is 0 Å². The van der Waals surface area contributed by atoms with Gasteiger partial charge in [0.15, 0.2) is 0 Å². The van der Waals surface area contributed by atoms with Crippen LogP contribution in [-0.2, 0) is 5.41 Å². The molecule has 4 fully saturated rings. The van der Waals surface area contributed by atoms with Crippen molar-refractivity contribution in [1.82, 2.24) is 0 Å². The first kappa shape index (κ1) is 16.8. The van der Waals surface area contributed by atoms with Gasteiger partial charge in [0.2, 0.25) is 0 Å². The van der Waals surface area contributed by atoms with Crippen LogP contribution in [0.4, 0.5) is 0 Å². The Morgan fingerprint density at radius 2 is 1.50 bits per heavy atom. The molecule has 1 aromatic heterocycles. The van der Waals surface area contributed by atoms with Crippen LogP contribution in [0.25, 0.3) is 20.5 Å². The van der Waals surface area contributed by atoms with Crippen molar-refractivity contribution in [1.29, 1.82) is 0 Å². The maximum atomic E-state index is 11.3. The molecule has 142 valence electrons. The third kappa shape index (κ3) is 2.42. The van der Waals surface area contributed by atoms with Gasteiger partial charge < -0.3 is 5.11 Å². The fourth-order valence-corrected chi connectivity index (χ4v) is 8.29. The number of aromatic carboxylic acids is 1. The number of carboxylic acids is 1. The predicted molar refractivity (Wildman–Crippen MR) is 114 cm³/mol. The summed E-state index contributed by atoms with van der Waals surface area (Å²) in [4.78, 5) is 12.7. The minimum Gasteiger partial charge on any atom is -0.478 e. The lowest BCUT2D eigenvalue weighted by Crippen LogP contribution is -2.48. The molecule has 0 unspecified atom stereocenters. The van der Waals surface area contributed by atoms with Crippen LogP contribution in [0.1, 0.15) is 54.4 Å². The lowest BCUT2D eigenvalue weighted by Gasteiger charge is -2.57. The molecule has 4 bridgehead atoms. The lowest BCUT2D eigenvalue weighted by atomic mass is 9.47. The number of carbonyl (C=O) groups is 1. The molecule has 2 nitrogen and oxygen atoms in total. The van der Waals surface area contributed by atoms with Crippen molar-refractivity contribution in [2.45, 2.75) is 43.9 Å². The maximum Gasteiger partial charge on any atom is 0.335 e. The Hall–Kier alpha value is -2.13. The van der Waals surface area contributed by atoms with Crippen LogP contribution in [0, 0.1) is 17.8 Å². The number of hydrogen-bond donors (Lipinski definition) is 1. The van der Waals surface area contributed by atoms with Crippen LogP contribution < -0.4 is 0 Å². The fourth-order valence-electron chi connectivity index (χ4n) is 6.96. The third-order valence-electron chi connectivity index (χ3n) is 7.56.